The molecule has 0 saturated heterocycles. The molecular formula is C23H23N3O4. The Morgan fingerprint density at radius 2 is 1.93 bits per heavy atom. The van der Waals surface area contributed by atoms with Crippen LogP contribution in [-0.2, 0) is 16.0 Å². The Bertz CT molecular complexity index is 1130. The maximum Gasteiger partial charge on any atom is 0.306 e. The number of ether oxygens (including phenoxy) is 2. The van der Waals surface area contributed by atoms with Crippen LogP contribution in [0.2, 0.25) is 0 Å². The van der Waals surface area contributed by atoms with E-state index in [2.05, 4.69) is 21.2 Å². The first-order chi connectivity index (χ1) is 14.6. The summed E-state index contributed by atoms with van der Waals surface area (Å²) in [6, 6.07) is 15.4. The van der Waals surface area contributed by atoms with Gasteiger partial charge in [0.1, 0.15) is 5.75 Å². The molecule has 0 aliphatic heterocycles. The van der Waals surface area contributed by atoms with Gasteiger partial charge in [0.05, 0.1) is 7.11 Å². The Hall–Kier alpha value is -3.61. The van der Waals surface area contributed by atoms with E-state index in [0.29, 0.717) is 18.7 Å². The molecule has 4 rings (SSSR count). The number of methoxy groups -OCH3 is 1. The highest BCUT2D eigenvalue weighted by molar-refractivity contribution is 5.83. The van der Waals surface area contributed by atoms with Gasteiger partial charge in [0, 0.05) is 29.1 Å². The average Bonchev–Trinajstić information content (AvgIpc) is 3.42. The van der Waals surface area contributed by atoms with Gasteiger partial charge in [0.25, 0.3) is 5.89 Å². The molecule has 2 aromatic heterocycles. The van der Waals surface area contributed by atoms with E-state index in [1.54, 1.807) is 14.0 Å². The van der Waals surface area contributed by atoms with Gasteiger partial charge in [0.15, 0.2) is 6.10 Å². The molecule has 0 aliphatic rings. The second-order valence-electron chi connectivity index (χ2n) is 7.02. The Morgan fingerprint density at radius 1 is 1.13 bits per heavy atom. The molecule has 0 bridgehead atoms. The number of esters is 1. The molecule has 154 valence electrons. The summed E-state index contributed by atoms with van der Waals surface area (Å²) in [5.41, 5.74) is 3.08. The number of rotatable bonds is 8. The summed E-state index contributed by atoms with van der Waals surface area (Å²) in [4.78, 5) is 15.5. The third-order valence-corrected chi connectivity index (χ3v) is 4.94. The number of hydrogen-bond donors (Lipinski definition) is 1. The Labute approximate surface area is 174 Å². The van der Waals surface area contributed by atoms with Crippen LogP contribution in [0, 0.1) is 0 Å². The molecule has 0 aliphatic carbocycles. The summed E-state index contributed by atoms with van der Waals surface area (Å²) in [7, 11) is 1.61. The number of aromatic nitrogens is 3. The average molecular weight is 405 g/mol. The number of nitrogens with zero attached hydrogens (tertiary/aromatic N) is 2. The molecule has 0 amide bonds. The van der Waals surface area contributed by atoms with Gasteiger partial charge in [-0.3, -0.25) is 4.79 Å². The standard InChI is InChI=1S/C23H23N3O4/c1-15(22-25-26-23(30-22)16-10-12-18(28-2)13-11-16)29-21(27)9-5-6-17-14-24-20-8-4-3-7-19(17)20/h3-4,7-8,10-15,24H,5-6,9H2,1-2H3/t15-/m1/s1. The summed E-state index contributed by atoms with van der Waals surface area (Å²) in [5, 5.41) is 9.25. The van der Waals surface area contributed by atoms with Crippen molar-refractivity contribution in [2.45, 2.75) is 32.3 Å². The van der Waals surface area contributed by atoms with Gasteiger partial charge < -0.3 is 18.9 Å². The first kappa shape index (κ1) is 19.7. The number of fused-ring (bicyclic) bond motifs is 1. The first-order valence-corrected chi connectivity index (χ1v) is 9.86. The van der Waals surface area contributed by atoms with Crippen molar-refractivity contribution in [2.24, 2.45) is 0 Å². The van der Waals surface area contributed by atoms with Crippen LogP contribution in [0.4, 0.5) is 0 Å². The Balaban J connectivity index is 1.29. The van der Waals surface area contributed by atoms with E-state index >= 15 is 0 Å². The highest BCUT2D eigenvalue weighted by Crippen LogP contribution is 2.25. The molecule has 7 heteroatoms. The minimum absolute atomic E-state index is 0.269. The highest BCUT2D eigenvalue weighted by Gasteiger charge is 2.19. The monoisotopic (exact) mass is 405 g/mol. The van der Waals surface area contributed by atoms with Crippen LogP contribution < -0.4 is 4.74 Å². The van der Waals surface area contributed by atoms with Crippen LogP contribution >= 0.6 is 0 Å². The van der Waals surface area contributed by atoms with Crippen molar-refractivity contribution in [3.63, 3.8) is 0 Å². The number of aromatic amines is 1. The maximum atomic E-state index is 12.2. The maximum absolute atomic E-state index is 12.2. The second kappa shape index (κ2) is 8.82. The van der Waals surface area contributed by atoms with E-state index in [-0.39, 0.29) is 11.9 Å². The summed E-state index contributed by atoms with van der Waals surface area (Å²) in [6.45, 7) is 1.73. The highest BCUT2D eigenvalue weighted by atomic mass is 16.6. The molecule has 4 aromatic rings. The zero-order valence-electron chi connectivity index (χ0n) is 16.9. The number of carbonyl (C=O) groups excluding carboxylic acids is 1. The number of aryl methyl sites for hydroxylation is 1. The van der Waals surface area contributed by atoms with Crippen LogP contribution in [0.5, 0.6) is 5.75 Å². The van der Waals surface area contributed by atoms with Gasteiger partial charge >= 0.3 is 5.97 Å². The van der Waals surface area contributed by atoms with Gasteiger partial charge in [-0.2, -0.15) is 0 Å². The fourth-order valence-electron chi connectivity index (χ4n) is 3.32. The minimum Gasteiger partial charge on any atom is -0.497 e. The van der Waals surface area contributed by atoms with Crippen LogP contribution in [0.1, 0.15) is 37.3 Å². The lowest BCUT2D eigenvalue weighted by Gasteiger charge is -2.09. The molecule has 0 fully saturated rings. The van der Waals surface area contributed by atoms with Crippen LogP contribution in [0.25, 0.3) is 22.4 Å². The summed E-state index contributed by atoms with van der Waals surface area (Å²) in [6.07, 6.45) is 3.22. The molecule has 0 spiro atoms. The number of para-hydroxylation sites is 1. The normalized spacial score (nSPS) is 12.1. The second-order valence-corrected chi connectivity index (χ2v) is 7.02. The molecular weight excluding hydrogens is 382 g/mol. The van der Waals surface area contributed by atoms with Crippen molar-refractivity contribution in [1.82, 2.24) is 15.2 Å². The van der Waals surface area contributed by atoms with E-state index in [1.807, 2.05) is 48.7 Å². The molecule has 2 aromatic carbocycles. The number of hydrogen-bond acceptors (Lipinski definition) is 6. The summed E-state index contributed by atoms with van der Waals surface area (Å²) < 4.78 is 16.3. The van der Waals surface area contributed by atoms with Crippen molar-refractivity contribution in [3.8, 4) is 17.2 Å². The number of nitrogens with one attached hydrogen (secondary N) is 1. The van der Waals surface area contributed by atoms with E-state index in [1.165, 1.54) is 10.9 Å². The minimum atomic E-state index is -0.606. The van der Waals surface area contributed by atoms with Crippen LogP contribution in [-0.4, -0.2) is 28.3 Å². The Kier molecular flexibility index (Phi) is 5.79. The Morgan fingerprint density at radius 3 is 2.73 bits per heavy atom. The van der Waals surface area contributed by atoms with Crippen LogP contribution in [0.15, 0.2) is 59.1 Å². The molecule has 1 N–H and O–H groups in total. The van der Waals surface area contributed by atoms with Crippen molar-refractivity contribution in [1.29, 1.82) is 0 Å². The van der Waals surface area contributed by atoms with Gasteiger partial charge in [-0.1, -0.05) is 18.2 Å². The van der Waals surface area contributed by atoms with Gasteiger partial charge in [-0.25, -0.2) is 0 Å². The van der Waals surface area contributed by atoms with E-state index < -0.39 is 6.10 Å². The largest absolute Gasteiger partial charge is 0.497 e. The van der Waals surface area contributed by atoms with E-state index in [4.69, 9.17) is 13.9 Å². The molecule has 0 radical (unpaired) electrons. The third-order valence-electron chi connectivity index (χ3n) is 4.94. The van der Waals surface area contributed by atoms with E-state index in [0.717, 1.165) is 23.3 Å². The molecule has 0 unspecified atom stereocenters. The topological polar surface area (TPSA) is 90.2 Å². The molecule has 0 saturated carbocycles. The zero-order chi connectivity index (χ0) is 20.9. The number of H-pyrrole nitrogens is 1. The molecule has 30 heavy (non-hydrogen) atoms. The van der Waals surface area contributed by atoms with Crippen LogP contribution in [0.3, 0.4) is 0 Å². The van der Waals surface area contributed by atoms with Crippen molar-refractivity contribution in [2.75, 3.05) is 7.11 Å². The molecule has 7 nitrogen and oxygen atoms in total. The SMILES string of the molecule is COc1ccc(-c2nnc([C@@H](C)OC(=O)CCCc3c[nH]c4ccccc34)o2)cc1. The summed E-state index contributed by atoms with van der Waals surface area (Å²) in [5.74, 6) is 1.10. The van der Waals surface area contributed by atoms with Gasteiger partial charge in [-0.05, 0) is 55.7 Å². The quantitative estimate of drug-likeness (QED) is 0.421. The van der Waals surface area contributed by atoms with Crippen molar-refractivity contribution in [3.05, 3.63) is 66.2 Å². The fourth-order valence-corrected chi connectivity index (χ4v) is 3.32. The lowest BCUT2D eigenvalue weighted by Crippen LogP contribution is -2.09. The number of benzene rings is 2. The smallest absolute Gasteiger partial charge is 0.306 e. The van der Waals surface area contributed by atoms with Crippen molar-refractivity contribution < 1.29 is 18.7 Å². The van der Waals surface area contributed by atoms with E-state index in [9.17, 15) is 4.79 Å². The molecule has 1 atom stereocenters. The van der Waals surface area contributed by atoms with Gasteiger partial charge in [-0.15, -0.1) is 10.2 Å². The predicted molar refractivity (Wildman–Crippen MR) is 112 cm³/mol. The van der Waals surface area contributed by atoms with Gasteiger partial charge in [0.2, 0.25) is 5.89 Å². The fraction of sp³-hybridized carbons (Fsp3) is 0.261. The molecule has 2 heterocycles. The van der Waals surface area contributed by atoms with Crippen molar-refractivity contribution >= 4 is 16.9 Å². The lowest BCUT2D eigenvalue weighted by atomic mass is 10.1. The first-order valence-electron chi connectivity index (χ1n) is 9.86. The lowest BCUT2D eigenvalue weighted by molar-refractivity contribution is -0.149. The predicted octanol–water partition coefficient (Wildman–Crippen LogP) is 4.85. The third kappa shape index (κ3) is 4.35. The number of carbonyl (C=O) groups is 1. The zero-order valence-corrected chi connectivity index (χ0v) is 16.9. The summed E-state index contributed by atoms with van der Waals surface area (Å²) >= 11 is 0.